The van der Waals surface area contributed by atoms with E-state index in [0.717, 1.165) is 73.1 Å². The van der Waals surface area contributed by atoms with Gasteiger partial charge >= 0.3 is 0 Å². The van der Waals surface area contributed by atoms with E-state index in [1.165, 1.54) is 16.7 Å². The zero-order valence-corrected chi connectivity index (χ0v) is 23.0. The van der Waals surface area contributed by atoms with Crippen molar-refractivity contribution >= 4 is 52.8 Å². The normalized spacial score (nSPS) is 17.0. The number of alkyl halides is 1. The maximum Gasteiger partial charge on any atom is 0.115 e. The minimum absolute atomic E-state index is 0. The molecule has 3 aromatic carbocycles. The molecule has 0 amide bonds. The molecule has 1 heterocycles. The van der Waals surface area contributed by atoms with E-state index >= 15 is 0 Å². The van der Waals surface area contributed by atoms with Crippen LogP contribution < -0.4 is 0 Å². The highest BCUT2D eigenvalue weighted by molar-refractivity contribution is 6.36. The van der Waals surface area contributed by atoms with Crippen LogP contribution in [-0.2, 0) is 6.42 Å². The fraction of sp³-hybridized carbons (Fsp3) is 0.290. The molecule has 0 saturated carbocycles. The Balaban J connectivity index is 0.00000320. The van der Waals surface area contributed by atoms with Gasteiger partial charge in [0, 0.05) is 29.7 Å². The van der Waals surface area contributed by atoms with Crippen LogP contribution in [0.3, 0.4) is 0 Å². The number of halogens is 4. The molecule has 5 rings (SSSR count). The number of hydrogen-bond donors (Lipinski definition) is 1. The number of aryl methyl sites for hydroxylation is 1. The zero-order chi connectivity index (χ0) is 25.1. The summed E-state index contributed by atoms with van der Waals surface area (Å²) in [6.45, 7) is 2.50. The SMILES string of the molecule is Cl.Oc1ccc2c(c1)CCCC(c1ccc(Cl)cc1Cl)=C2c1ccc(C=C2CCN(CCCF)C2)cc1. The van der Waals surface area contributed by atoms with Crippen LogP contribution in [0.15, 0.2) is 66.2 Å². The Morgan fingerprint density at radius 3 is 2.46 bits per heavy atom. The summed E-state index contributed by atoms with van der Waals surface area (Å²) in [5.74, 6) is 0.292. The third-order valence-corrected chi connectivity index (χ3v) is 7.69. The number of allylic oxidation sites excluding steroid dienone is 1. The minimum atomic E-state index is -0.251. The molecular weight excluding hydrogens is 528 g/mol. The maximum atomic E-state index is 12.5. The van der Waals surface area contributed by atoms with E-state index in [4.69, 9.17) is 23.2 Å². The molecule has 0 atom stereocenters. The number of fused-ring (bicyclic) bond motifs is 1. The summed E-state index contributed by atoms with van der Waals surface area (Å²) in [5, 5.41) is 11.4. The van der Waals surface area contributed by atoms with Gasteiger partial charge in [-0.15, -0.1) is 12.4 Å². The number of benzene rings is 3. The van der Waals surface area contributed by atoms with Gasteiger partial charge in [0.05, 0.1) is 6.67 Å². The van der Waals surface area contributed by atoms with Gasteiger partial charge in [0.25, 0.3) is 0 Å². The van der Waals surface area contributed by atoms with Crippen molar-refractivity contribution < 1.29 is 9.50 Å². The van der Waals surface area contributed by atoms with Gasteiger partial charge in [0.1, 0.15) is 5.75 Å². The molecule has 6 heteroatoms. The second-order valence-corrected chi connectivity index (χ2v) is 10.5. The van der Waals surface area contributed by atoms with Gasteiger partial charge in [-0.3, -0.25) is 9.29 Å². The maximum absolute atomic E-state index is 12.5. The summed E-state index contributed by atoms with van der Waals surface area (Å²) < 4.78 is 12.5. The van der Waals surface area contributed by atoms with Gasteiger partial charge < -0.3 is 5.11 Å². The molecule has 0 spiro atoms. The smallest absolute Gasteiger partial charge is 0.115 e. The summed E-state index contributed by atoms with van der Waals surface area (Å²) >= 11 is 12.9. The third-order valence-electron chi connectivity index (χ3n) is 7.14. The lowest BCUT2D eigenvalue weighted by Gasteiger charge is -2.18. The van der Waals surface area contributed by atoms with Gasteiger partial charge in [0.15, 0.2) is 0 Å². The first kappa shape index (κ1) is 27.7. The fourth-order valence-corrected chi connectivity index (χ4v) is 5.95. The summed E-state index contributed by atoms with van der Waals surface area (Å²) in [4.78, 5) is 2.32. The van der Waals surface area contributed by atoms with E-state index in [9.17, 15) is 9.50 Å². The molecule has 2 nitrogen and oxygen atoms in total. The van der Waals surface area contributed by atoms with Crippen LogP contribution >= 0.6 is 35.6 Å². The van der Waals surface area contributed by atoms with E-state index in [-0.39, 0.29) is 19.1 Å². The van der Waals surface area contributed by atoms with Gasteiger partial charge in [0.2, 0.25) is 0 Å². The lowest BCUT2D eigenvalue weighted by molar-refractivity contribution is 0.317. The minimum Gasteiger partial charge on any atom is -0.508 e. The van der Waals surface area contributed by atoms with Crippen molar-refractivity contribution in [2.24, 2.45) is 0 Å². The van der Waals surface area contributed by atoms with Crippen molar-refractivity contribution in [1.82, 2.24) is 4.90 Å². The predicted molar refractivity (Wildman–Crippen MR) is 157 cm³/mol. The number of likely N-dealkylation sites (tertiary alicyclic amines) is 1. The topological polar surface area (TPSA) is 23.5 Å². The Morgan fingerprint density at radius 2 is 1.70 bits per heavy atom. The molecule has 1 saturated heterocycles. The molecule has 2 aliphatic rings. The highest BCUT2D eigenvalue weighted by Gasteiger charge is 2.22. The predicted octanol–water partition coefficient (Wildman–Crippen LogP) is 8.86. The van der Waals surface area contributed by atoms with Gasteiger partial charge in [-0.25, -0.2) is 0 Å². The van der Waals surface area contributed by atoms with Crippen LogP contribution in [0.25, 0.3) is 17.2 Å². The molecule has 3 aromatic rings. The van der Waals surface area contributed by atoms with Gasteiger partial charge in [-0.1, -0.05) is 71.2 Å². The molecule has 1 N–H and O–H groups in total. The summed E-state index contributed by atoms with van der Waals surface area (Å²) in [6, 6.07) is 20.1. The Labute approximate surface area is 234 Å². The first-order valence-electron chi connectivity index (χ1n) is 12.6. The van der Waals surface area contributed by atoms with Crippen LogP contribution in [-0.4, -0.2) is 36.3 Å². The molecule has 0 unspecified atom stereocenters. The molecule has 37 heavy (non-hydrogen) atoms. The summed E-state index contributed by atoms with van der Waals surface area (Å²) in [7, 11) is 0. The molecule has 1 aliphatic heterocycles. The van der Waals surface area contributed by atoms with Crippen molar-refractivity contribution in [2.75, 3.05) is 26.3 Å². The number of rotatable bonds is 6. The molecule has 0 aromatic heterocycles. The highest BCUT2D eigenvalue weighted by Crippen LogP contribution is 2.43. The van der Waals surface area contributed by atoms with Crippen molar-refractivity contribution in [3.63, 3.8) is 0 Å². The fourth-order valence-electron chi connectivity index (χ4n) is 5.43. The standard InChI is InChI=1S/C31H30Cl2FNO.ClH/c32-25-9-11-28(30(33)19-25)29-4-1-3-24-18-26(36)10-12-27(24)31(29)23-7-5-21(6-8-23)17-22-13-16-35(20-22)15-2-14-34;/h5-12,17-19,36H,1-4,13-16,20H2;1H. The summed E-state index contributed by atoms with van der Waals surface area (Å²) in [6.07, 6.45) is 6.66. The van der Waals surface area contributed by atoms with Crippen LogP contribution in [0.4, 0.5) is 4.39 Å². The molecular formula is C31H31Cl3FNO. The second-order valence-electron chi connectivity index (χ2n) is 9.67. The van der Waals surface area contributed by atoms with Crippen LogP contribution in [0, 0.1) is 0 Å². The monoisotopic (exact) mass is 557 g/mol. The van der Waals surface area contributed by atoms with E-state index in [0.29, 0.717) is 22.2 Å². The molecule has 1 aliphatic carbocycles. The molecule has 0 radical (unpaired) electrons. The van der Waals surface area contributed by atoms with E-state index in [1.54, 1.807) is 12.1 Å². The Hall–Kier alpha value is -2.30. The Bertz CT molecular complexity index is 1320. The van der Waals surface area contributed by atoms with Crippen molar-refractivity contribution in [3.05, 3.63) is 104 Å². The van der Waals surface area contributed by atoms with Crippen LogP contribution in [0.1, 0.15) is 53.5 Å². The van der Waals surface area contributed by atoms with Crippen LogP contribution in [0.2, 0.25) is 10.0 Å². The number of nitrogens with zero attached hydrogens (tertiary/aromatic N) is 1. The van der Waals surface area contributed by atoms with Crippen molar-refractivity contribution in [2.45, 2.75) is 32.1 Å². The number of phenolic OH excluding ortho intramolecular Hbond substituents is 1. The number of phenols is 1. The summed E-state index contributed by atoms with van der Waals surface area (Å²) in [5.41, 5.74) is 9.34. The van der Waals surface area contributed by atoms with Gasteiger partial charge in [-0.05, 0) is 95.3 Å². The molecule has 1 fully saturated rings. The van der Waals surface area contributed by atoms with Crippen molar-refractivity contribution in [1.29, 1.82) is 0 Å². The zero-order valence-electron chi connectivity index (χ0n) is 20.7. The lowest BCUT2D eigenvalue weighted by Crippen LogP contribution is -2.20. The van der Waals surface area contributed by atoms with Gasteiger partial charge in [-0.2, -0.15) is 0 Å². The number of aromatic hydroxyl groups is 1. The third kappa shape index (κ3) is 6.41. The average molecular weight is 559 g/mol. The molecule has 0 bridgehead atoms. The van der Waals surface area contributed by atoms with E-state index < -0.39 is 0 Å². The van der Waals surface area contributed by atoms with Crippen LogP contribution in [0.5, 0.6) is 5.75 Å². The number of hydrogen-bond acceptors (Lipinski definition) is 2. The molecule has 194 valence electrons. The van der Waals surface area contributed by atoms with Crippen molar-refractivity contribution in [3.8, 4) is 5.75 Å². The first-order chi connectivity index (χ1) is 17.5. The Kier molecular flexibility index (Phi) is 9.36. The lowest BCUT2D eigenvalue weighted by atomic mass is 9.87. The second kappa shape index (κ2) is 12.5. The van der Waals surface area contributed by atoms with E-state index in [2.05, 4.69) is 35.2 Å². The highest BCUT2D eigenvalue weighted by atomic mass is 35.5. The largest absolute Gasteiger partial charge is 0.508 e. The average Bonchev–Trinajstić information content (AvgIpc) is 3.22. The quantitative estimate of drug-likeness (QED) is 0.327. The van der Waals surface area contributed by atoms with E-state index in [1.807, 2.05) is 24.3 Å². The first-order valence-corrected chi connectivity index (χ1v) is 13.4. The Morgan fingerprint density at radius 1 is 0.919 bits per heavy atom.